The van der Waals surface area contributed by atoms with Crippen molar-refractivity contribution < 1.29 is 13.2 Å². The van der Waals surface area contributed by atoms with Crippen LogP contribution in [-0.4, -0.2) is 11.7 Å². The third-order valence-corrected chi connectivity index (χ3v) is 2.31. The molecule has 0 aromatic heterocycles. The molecule has 2 N–H and O–H groups in total. The normalized spacial score (nSPS) is 37.8. The first kappa shape index (κ1) is 7.85. The Morgan fingerprint density at radius 3 is 1.60 bits per heavy atom. The number of hydrogen-bond acceptors (Lipinski definition) is 1. The monoisotopic (exact) mass is 153 g/mol. The van der Waals surface area contributed by atoms with E-state index in [0.717, 1.165) is 0 Å². The molecule has 4 heteroatoms. The molecule has 1 rings (SSSR count). The molecule has 1 nitrogen and oxygen atoms in total. The fraction of sp³-hybridized carbons (Fsp3) is 1.00. The van der Waals surface area contributed by atoms with E-state index >= 15 is 0 Å². The van der Waals surface area contributed by atoms with Crippen LogP contribution in [0, 0.1) is 5.41 Å². The van der Waals surface area contributed by atoms with Gasteiger partial charge in [0.2, 0.25) is 0 Å². The first-order valence-electron chi connectivity index (χ1n) is 3.06. The molecule has 0 heterocycles. The second-order valence-electron chi connectivity index (χ2n) is 3.53. The van der Waals surface area contributed by atoms with E-state index in [1.54, 1.807) is 0 Å². The van der Waals surface area contributed by atoms with E-state index in [4.69, 9.17) is 5.73 Å². The molecule has 0 saturated heterocycles. The molecule has 0 spiro atoms. The van der Waals surface area contributed by atoms with Crippen LogP contribution in [0.1, 0.15) is 20.3 Å². The van der Waals surface area contributed by atoms with Crippen LogP contribution in [0.3, 0.4) is 0 Å². The Balaban J connectivity index is 2.78. The Labute approximate surface area is 57.4 Å². The quantitative estimate of drug-likeness (QED) is 0.563. The predicted octanol–water partition coefficient (Wildman–Crippen LogP) is 1.68. The van der Waals surface area contributed by atoms with Gasteiger partial charge in [-0.1, -0.05) is 13.8 Å². The first-order chi connectivity index (χ1) is 4.21. The summed E-state index contributed by atoms with van der Waals surface area (Å²) in [4.78, 5) is 0. The molecular formula is C6H10F3N. The Morgan fingerprint density at radius 1 is 1.30 bits per heavy atom. The average Bonchev–Trinajstić information content (AvgIpc) is 2.05. The standard InChI is InChI=1S/C6H10F3N/c1-4(2)3-5(4,10)6(7,8)9/h3,10H2,1-2H3. The van der Waals surface area contributed by atoms with Gasteiger partial charge in [-0.25, -0.2) is 0 Å². The first-order valence-corrected chi connectivity index (χ1v) is 3.06. The fourth-order valence-electron chi connectivity index (χ4n) is 1.14. The minimum absolute atomic E-state index is 0.0451. The fourth-order valence-corrected chi connectivity index (χ4v) is 1.14. The molecule has 0 aromatic rings. The Morgan fingerprint density at radius 2 is 1.60 bits per heavy atom. The lowest BCUT2D eigenvalue weighted by Gasteiger charge is -2.18. The van der Waals surface area contributed by atoms with E-state index in [9.17, 15) is 13.2 Å². The number of hydrogen-bond donors (Lipinski definition) is 1. The predicted molar refractivity (Wildman–Crippen MR) is 31.4 cm³/mol. The average molecular weight is 153 g/mol. The maximum Gasteiger partial charge on any atom is 0.406 e. The van der Waals surface area contributed by atoms with E-state index < -0.39 is 17.1 Å². The molecule has 0 bridgehead atoms. The van der Waals surface area contributed by atoms with Crippen LogP contribution in [0.15, 0.2) is 0 Å². The number of halogens is 3. The van der Waals surface area contributed by atoms with E-state index in [0.29, 0.717) is 0 Å². The van der Waals surface area contributed by atoms with E-state index in [2.05, 4.69) is 0 Å². The van der Waals surface area contributed by atoms with Crippen molar-refractivity contribution in [2.45, 2.75) is 32.0 Å². The van der Waals surface area contributed by atoms with Gasteiger partial charge in [-0.3, -0.25) is 0 Å². The number of rotatable bonds is 0. The summed E-state index contributed by atoms with van der Waals surface area (Å²) in [5, 5.41) is 0. The molecule has 1 aliphatic carbocycles. The molecule has 1 unspecified atom stereocenters. The summed E-state index contributed by atoms with van der Waals surface area (Å²) in [5.41, 5.74) is 2.40. The van der Waals surface area contributed by atoms with Gasteiger partial charge in [0.15, 0.2) is 0 Å². The molecule has 10 heavy (non-hydrogen) atoms. The SMILES string of the molecule is CC1(C)CC1(N)C(F)(F)F. The van der Waals surface area contributed by atoms with Crippen molar-refractivity contribution in [2.75, 3.05) is 0 Å². The highest BCUT2D eigenvalue weighted by molar-refractivity contribution is 5.19. The van der Waals surface area contributed by atoms with E-state index in [1.165, 1.54) is 13.8 Å². The van der Waals surface area contributed by atoms with Crippen LogP contribution in [-0.2, 0) is 0 Å². The van der Waals surface area contributed by atoms with Gasteiger partial charge in [-0.15, -0.1) is 0 Å². The third-order valence-electron chi connectivity index (χ3n) is 2.31. The Hall–Kier alpha value is -0.250. The summed E-state index contributed by atoms with van der Waals surface area (Å²) in [6.45, 7) is 3.06. The summed E-state index contributed by atoms with van der Waals surface area (Å²) in [6.07, 6.45) is -4.19. The summed E-state index contributed by atoms with van der Waals surface area (Å²) in [5.74, 6) is 0. The Bertz CT molecular complexity index is 161. The van der Waals surface area contributed by atoms with Crippen molar-refractivity contribution >= 4 is 0 Å². The highest BCUT2D eigenvalue weighted by Gasteiger charge is 2.73. The van der Waals surface area contributed by atoms with Crippen molar-refractivity contribution in [3.63, 3.8) is 0 Å². The van der Waals surface area contributed by atoms with E-state index in [1.807, 2.05) is 0 Å². The number of nitrogens with two attached hydrogens (primary N) is 1. The van der Waals surface area contributed by atoms with Crippen molar-refractivity contribution in [2.24, 2.45) is 11.1 Å². The van der Waals surface area contributed by atoms with Crippen LogP contribution in [0.25, 0.3) is 0 Å². The van der Waals surface area contributed by atoms with Crippen molar-refractivity contribution in [1.29, 1.82) is 0 Å². The topological polar surface area (TPSA) is 26.0 Å². The summed E-state index contributed by atoms with van der Waals surface area (Å²) in [7, 11) is 0. The minimum Gasteiger partial charge on any atom is -0.317 e. The molecule has 1 saturated carbocycles. The van der Waals surface area contributed by atoms with Crippen LogP contribution in [0.2, 0.25) is 0 Å². The van der Waals surface area contributed by atoms with Crippen molar-refractivity contribution in [3.05, 3.63) is 0 Å². The van der Waals surface area contributed by atoms with Gasteiger partial charge in [0, 0.05) is 0 Å². The van der Waals surface area contributed by atoms with Gasteiger partial charge in [0.05, 0.1) is 0 Å². The largest absolute Gasteiger partial charge is 0.406 e. The highest BCUT2D eigenvalue weighted by atomic mass is 19.4. The van der Waals surface area contributed by atoms with Gasteiger partial charge in [0.25, 0.3) is 0 Å². The highest BCUT2D eigenvalue weighted by Crippen LogP contribution is 2.61. The summed E-state index contributed by atoms with van der Waals surface area (Å²) < 4.78 is 36.0. The summed E-state index contributed by atoms with van der Waals surface area (Å²) in [6, 6.07) is 0. The minimum atomic E-state index is -4.24. The molecule has 0 aliphatic heterocycles. The smallest absolute Gasteiger partial charge is 0.317 e. The molecule has 1 aliphatic rings. The molecule has 0 radical (unpaired) electrons. The second-order valence-corrected chi connectivity index (χ2v) is 3.53. The van der Waals surface area contributed by atoms with Gasteiger partial charge < -0.3 is 5.73 Å². The second kappa shape index (κ2) is 1.49. The van der Waals surface area contributed by atoms with Crippen molar-refractivity contribution in [3.8, 4) is 0 Å². The van der Waals surface area contributed by atoms with Crippen LogP contribution in [0.5, 0.6) is 0 Å². The van der Waals surface area contributed by atoms with Gasteiger partial charge in [-0.2, -0.15) is 13.2 Å². The van der Waals surface area contributed by atoms with Gasteiger partial charge >= 0.3 is 6.18 Å². The molecule has 0 aromatic carbocycles. The lowest BCUT2D eigenvalue weighted by Crippen LogP contribution is -2.44. The Kier molecular flexibility index (Phi) is 1.17. The zero-order chi connectivity index (χ0) is 8.21. The van der Waals surface area contributed by atoms with E-state index in [-0.39, 0.29) is 6.42 Å². The number of alkyl halides is 3. The lowest BCUT2D eigenvalue weighted by atomic mass is 10.1. The van der Waals surface area contributed by atoms with Crippen molar-refractivity contribution in [1.82, 2.24) is 0 Å². The maximum absolute atomic E-state index is 12.0. The molecular weight excluding hydrogens is 143 g/mol. The zero-order valence-electron chi connectivity index (χ0n) is 5.92. The maximum atomic E-state index is 12.0. The van der Waals surface area contributed by atoms with Crippen LogP contribution in [0.4, 0.5) is 13.2 Å². The van der Waals surface area contributed by atoms with Crippen LogP contribution < -0.4 is 5.73 Å². The van der Waals surface area contributed by atoms with Gasteiger partial charge in [0.1, 0.15) is 5.54 Å². The zero-order valence-corrected chi connectivity index (χ0v) is 5.92. The molecule has 1 atom stereocenters. The molecule has 60 valence electrons. The lowest BCUT2D eigenvalue weighted by molar-refractivity contribution is -0.164. The van der Waals surface area contributed by atoms with Crippen LogP contribution >= 0.6 is 0 Å². The molecule has 0 amide bonds. The third kappa shape index (κ3) is 0.746. The summed E-state index contributed by atoms with van der Waals surface area (Å²) >= 11 is 0. The molecule has 1 fully saturated rings. The van der Waals surface area contributed by atoms with Gasteiger partial charge in [-0.05, 0) is 11.8 Å².